The van der Waals surface area contributed by atoms with Crippen LogP contribution in [0.15, 0.2) is 47.6 Å². The van der Waals surface area contributed by atoms with E-state index in [-0.39, 0.29) is 0 Å². The molecule has 0 radical (unpaired) electrons. The lowest BCUT2D eigenvalue weighted by Crippen LogP contribution is -1.92. The molecule has 0 amide bonds. The van der Waals surface area contributed by atoms with E-state index in [1.54, 1.807) is 12.1 Å². The highest BCUT2D eigenvalue weighted by atomic mass is 16.5. The van der Waals surface area contributed by atoms with Crippen molar-refractivity contribution in [2.75, 3.05) is 7.11 Å². The second kappa shape index (κ2) is 5.31. The summed E-state index contributed by atoms with van der Waals surface area (Å²) in [5.41, 5.74) is 1.12. The van der Waals surface area contributed by atoms with Crippen LogP contribution in [-0.2, 0) is 0 Å². The fourth-order valence-electron chi connectivity index (χ4n) is 1.66. The average molecular weight is 243 g/mol. The number of benzene rings is 2. The van der Waals surface area contributed by atoms with Crippen molar-refractivity contribution in [1.29, 1.82) is 0 Å². The van der Waals surface area contributed by atoms with Crippen molar-refractivity contribution in [3.63, 3.8) is 0 Å². The van der Waals surface area contributed by atoms with Gasteiger partial charge in [-0.3, -0.25) is 0 Å². The third-order valence-corrected chi connectivity index (χ3v) is 2.51. The molecular weight excluding hydrogens is 230 g/mol. The fraction of sp³-hybridized carbons (Fsp3) is 0.143. The molecule has 4 heteroatoms. The molecule has 0 saturated heterocycles. The van der Waals surface area contributed by atoms with Gasteiger partial charge < -0.3 is 9.47 Å². The molecule has 0 fully saturated rings. The van der Waals surface area contributed by atoms with Crippen molar-refractivity contribution >= 4 is 5.69 Å². The monoisotopic (exact) mass is 243 g/mol. The van der Waals surface area contributed by atoms with Crippen LogP contribution in [0, 0.1) is 11.8 Å². The maximum absolute atomic E-state index is 10.6. The minimum atomic E-state index is 0.324. The summed E-state index contributed by atoms with van der Waals surface area (Å²) in [4.78, 5) is 10.6. The fourth-order valence-corrected chi connectivity index (χ4v) is 1.66. The Morgan fingerprint density at radius 2 is 1.83 bits per heavy atom. The zero-order valence-electron chi connectivity index (χ0n) is 10.2. The van der Waals surface area contributed by atoms with Gasteiger partial charge in [-0.05, 0) is 35.9 Å². The molecule has 0 aliphatic heterocycles. The Morgan fingerprint density at radius 3 is 2.44 bits per heavy atom. The first-order valence-corrected chi connectivity index (χ1v) is 5.49. The average Bonchev–Trinajstić information content (AvgIpc) is 2.42. The van der Waals surface area contributed by atoms with Gasteiger partial charge in [-0.15, -0.1) is 4.91 Å². The van der Waals surface area contributed by atoms with Crippen LogP contribution in [0.5, 0.6) is 17.2 Å². The topological polar surface area (TPSA) is 47.9 Å². The molecule has 0 unspecified atom stereocenters. The first-order valence-electron chi connectivity index (χ1n) is 5.49. The molecule has 2 aromatic carbocycles. The lowest BCUT2D eigenvalue weighted by molar-refractivity contribution is 0.377. The van der Waals surface area contributed by atoms with Gasteiger partial charge >= 0.3 is 0 Å². The third-order valence-electron chi connectivity index (χ3n) is 2.51. The summed E-state index contributed by atoms with van der Waals surface area (Å²) in [6.07, 6.45) is 0. The lowest BCUT2D eigenvalue weighted by atomic mass is 10.2. The van der Waals surface area contributed by atoms with E-state index < -0.39 is 0 Å². The van der Waals surface area contributed by atoms with Crippen molar-refractivity contribution in [1.82, 2.24) is 0 Å². The molecule has 2 aromatic rings. The molecule has 0 heterocycles. The summed E-state index contributed by atoms with van der Waals surface area (Å²) in [5, 5.41) is 2.90. The Balaban J connectivity index is 2.41. The molecule has 2 rings (SSSR count). The first-order chi connectivity index (χ1) is 8.74. The second-order valence-electron chi connectivity index (χ2n) is 3.80. The van der Waals surface area contributed by atoms with Crippen LogP contribution < -0.4 is 9.47 Å². The number of nitrogens with zero attached hydrogens (tertiary/aromatic N) is 1. The predicted molar refractivity (Wildman–Crippen MR) is 69.7 cm³/mol. The van der Waals surface area contributed by atoms with Crippen LogP contribution in [0.1, 0.15) is 5.56 Å². The summed E-state index contributed by atoms with van der Waals surface area (Å²) < 4.78 is 11.0. The highest BCUT2D eigenvalue weighted by Gasteiger charge is 2.11. The highest BCUT2D eigenvalue weighted by Crippen LogP contribution is 2.38. The summed E-state index contributed by atoms with van der Waals surface area (Å²) >= 11 is 0. The minimum Gasteiger partial charge on any atom is -0.493 e. The molecule has 18 heavy (non-hydrogen) atoms. The molecule has 0 bridgehead atoms. The summed E-state index contributed by atoms with van der Waals surface area (Å²) in [6.45, 7) is 1.84. The number of rotatable bonds is 4. The molecule has 0 saturated carbocycles. The summed E-state index contributed by atoms with van der Waals surface area (Å²) in [7, 11) is 1.53. The van der Waals surface area contributed by atoms with Crippen molar-refractivity contribution in [3.05, 3.63) is 52.9 Å². The lowest BCUT2D eigenvalue weighted by Gasteiger charge is -2.13. The number of para-hydroxylation sites is 1. The van der Waals surface area contributed by atoms with Crippen LogP contribution >= 0.6 is 0 Å². The molecule has 0 atom stereocenters. The van der Waals surface area contributed by atoms with E-state index in [2.05, 4.69) is 5.18 Å². The minimum absolute atomic E-state index is 0.324. The highest BCUT2D eigenvalue weighted by molar-refractivity contribution is 5.57. The molecular formula is C14H13NO3. The number of nitroso groups, excluding NO2 is 1. The molecule has 4 nitrogen and oxygen atoms in total. The van der Waals surface area contributed by atoms with Crippen LogP contribution in [-0.4, -0.2) is 7.11 Å². The number of ether oxygens (including phenoxy) is 2. The van der Waals surface area contributed by atoms with E-state index in [1.165, 1.54) is 7.11 Å². The Labute approximate surface area is 105 Å². The van der Waals surface area contributed by atoms with Gasteiger partial charge in [0, 0.05) is 6.07 Å². The Bertz CT molecular complexity index is 552. The number of aryl methyl sites for hydroxylation is 1. The number of hydrogen-bond acceptors (Lipinski definition) is 4. The van der Waals surface area contributed by atoms with Gasteiger partial charge in [0.15, 0.2) is 11.5 Å². The van der Waals surface area contributed by atoms with Gasteiger partial charge in [-0.2, -0.15) is 0 Å². The van der Waals surface area contributed by atoms with Gasteiger partial charge in [-0.25, -0.2) is 0 Å². The van der Waals surface area contributed by atoms with Crippen molar-refractivity contribution < 1.29 is 9.47 Å². The van der Waals surface area contributed by atoms with Crippen molar-refractivity contribution in [3.8, 4) is 17.2 Å². The third kappa shape index (κ3) is 2.48. The zero-order chi connectivity index (χ0) is 13.0. The number of hydrogen-bond donors (Lipinski definition) is 0. The normalized spacial score (nSPS) is 9.89. The standard InChI is InChI=1S/C14H13NO3/c1-10-8-11(15-16)9-13(17-2)14(10)18-12-6-4-3-5-7-12/h3-9H,1-2H3. The van der Waals surface area contributed by atoms with Gasteiger partial charge in [0.05, 0.1) is 7.11 Å². The van der Waals surface area contributed by atoms with Gasteiger partial charge in [0.25, 0.3) is 0 Å². The van der Waals surface area contributed by atoms with Crippen LogP contribution in [0.25, 0.3) is 0 Å². The van der Waals surface area contributed by atoms with Gasteiger partial charge in [0.2, 0.25) is 0 Å². The van der Waals surface area contributed by atoms with Crippen LogP contribution in [0.4, 0.5) is 5.69 Å². The first kappa shape index (κ1) is 12.1. The molecule has 92 valence electrons. The van der Waals surface area contributed by atoms with Crippen molar-refractivity contribution in [2.24, 2.45) is 5.18 Å². The van der Waals surface area contributed by atoms with E-state index in [9.17, 15) is 4.91 Å². The maximum Gasteiger partial charge on any atom is 0.172 e. The summed E-state index contributed by atoms with van der Waals surface area (Å²) in [6, 6.07) is 12.6. The van der Waals surface area contributed by atoms with E-state index in [0.29, 0.717) is 22.9 Å². The SMILES string of the molecule is COc1cc(N=O)cc(C)c1Oc1ccccc1. The summed E-state index contributed by atoms with van der Waals surface area (Å²) in [5.74, 6) is 1.80. The Morgan fingerprint density at radius 1 is 1.11 bits per heavy atom. The van der Waals surface area contributed by atoms with E-state index in [0.717, 1.165) is 5.56 Å². The zero-order valence-corrected chi connectivity index (χ0v) is 10.2. The van der Waals surface area contributed by atoms with E-state index in [4.69, 9.17) is 9.47 Å². The van der Waals surface area contributed by atoms with E-state index in [1.807, 2.05) is 37.3 Å². The number of methoxy groups -OCH3 is 1. The van der Waals surface area contributed by atoms with Crippen molar-refractivity contribution in [2.45, 2.75) is 6.92 Å². The molecule has 0 aliphatic rings. The maximum atomic E-state index is 10.6. The van der Waals surface area contributed by atoms with Crippen LogP contribution in [0.2, 0.25) is 0 Å². The van der Waals surface area contributed by atoms with Gasteiger partial charge in [-0.1, -0.05) is 18.2 Å². The molecule has 0 aliphatic carbocycles. The smallest absolute Gasteiger partial charge is 0.172 e. The quantitative estimate of drug-likeness (QED) is 0.756. The Kier molecular flexibility index (Phi) is 3.57. The second-order valence-corrected chi connectivity index (χ2v) is 3.80. The molecule has 0 N–H and O–H groups in total. The largest absolute Gasteiger partial charge is 0.493 e. The Hall–Kier alpha value is -2.36. The van der Waals surface area contributed by atoms with E-state index >= 15 is 0 Å². The predicted octanol–water partition coefficient (Wildman–Crippen LogP) is 4.19. The van der Waals surface area contributed by atoms with Crippen LogP contribution in [0.3, 0.4) is 0 Å². The van der Waals surface area contributed by atoms with Gasteiger partial charge in [0.1, 0.15) is 11.4 Å². The molecule has 0 spiro atoms. The molecule has 0 aromatic heterocycles.